The van der Waals surface area contributed by atoms with Crippen LogP contribution in [0.5, 0.6) is 0 Å². The van der Waals surface area contributed by atoms with Gasteiger partial charge in [-0.05, 0) is 12.5 Å². The number of nitriles is 1. The molecule has 56 valence electrons. The van der Waals surface area contributed by atoms with Crippen molar-refractivity contribution in [2.45, 2.75) is 32.3 Å². The van der Waals surface area contributed by atoms with Crippen molar-refractivity contribution in [3.05, 3.63) is 12.2 Å². The van der Waals surface area contributed by atoms with Crippen LogP contribution in [0.2, 0.25) is 0 Å². The summed E-state index contributed by atoms with van der Waals surface area (Å²) < 4.78 is 0. The second kappa shape index (κ2) is 6.31. The molecular weight excluding hydrogens is 126 g/mol. The standard InChI is InChI=1S/C8H13NO/c1-2-3-5-8(10)6-4-7-9/h4,6,8,10H,2-3,5H2,1H3/b6-4+/t8-/m0/s1. The zero-order valence-corrected chi connectivity index (χ0v) is 6.25. The summed E-state index contributed by atoms with van der Waals surface area (Å²) in [5, 5.41) is 17.2. The lowest BCUT2D eigenvalue weighted by molar-refractivity contribution is 0.209. The highest BCUT2D eigenvalue weighted by Gasteiger charge is 1.95. The summed E-state index contributed by atoms with van der Waals surface area (Å²) in [6.45, 7) is 2.07. The third kappa shape index (κ3) is 5.33. The second-order valence-corrected chi connectivity index (χ2v) is 2.20. The average molecular weight is 139 g/mol. The lowest BCUT2D eigenvalue weighted by Gasteiger charge is -2.00. The Morgan fingerprint density at radius 3 is 2.90 bits per heavy atom. The fourth-order valence-electron chi connectivity index (χ4n) is 0.664. The number of aliphatic hydroxyl groups excluding tert-OH is 1. The Morgan fingerprint density at radius 1 is 1.70 bits per heavy atom. The van der Waals surface area contributed by atoms with Crippen LogP contribution in [0.1, 0.15) is 26.2 Å². The molecule has 0 spiro atoms. The van der Waals surface area contributed by atoms with Crippen molar-refractivity contribution in [1.29, 1.82) is 5.26 Å². The van der Waals surface area contributed by atoms with Gasteiger partial charge in [0.15, 0.2) is 0 Å². The molecule has 0 saturated heterocycles. The first-order valence-corrected chi connectivity index (χ1v) is 3.55. The van der Waals surface area contributed by atoms with E-state index in [0.717, 1.165) is 19.3 Å². The molecule has 2 nitrogen and oxygen atoms in total. The molecule has 0 aromatic carbocycles. The highest BCUT2D eigenvalue weighted by Crippen LogP contribution is 2.00. The number of unbranched alkanes of at least 4 members (excludes halogenated alkanes) is 1. The molecule has 0 fully saturated rings. The zero-order valence-electron chi connectivity index (χ0n) is 6.25. The van der Waals surface area contributed by atoms with Crippen molar-refractivity contribution in [2.75, 3.05) is 0 Å². The number of nitrogens with zero attached hydrogens (tertiary/aromatic N) is 1. The van der Waals surface area contributed by atoms with Gasteiger partial charge in [0.2, 0.25) is 0 Å². The van der Waals surface area contributed by atoms with Crippen LogP contribution in [0.25, 0.3) is 0 Å². The Bertz CT molecular complexity index is 135. The number of rotatable bonds is 4. The van der Waals surface area contributed by atoms with E-state index in [9.17, 15) is 0 Å². The van der Waals surface area contributed by atoms with Gasteiger partial charge in [0.1, 0.15) is 0 Å². The molecule has 10 heavy (non-hydrogen) atoms. The van der Waals surface area contributed by atoms with Crippen molar-refractivity contribution < 1.29 is 5.11 Å². The average Bonchev–Trinajstić information content (AvgIpc) is 1.97. The minimum absolute atomic E-state index is 0.431. The van der Waals surface area contributed by atoms with Gasteiger partial charge in [0, 0.05) is 6.08 Å². The summed E-state index contributed by atoms with van der Waals surface area (Å²) >= 11 is 0. The van der Waals surface area contributed by atoms with Crippen molar-refractivity contribution in [1.82, 2.24) is 0 Å². The molecule has 0 heterocycles. The van der Waals surface area contributed by atoms with Gasteiger partial charge in [0.05, 0.1) is 12.2 Å². The molecular formula is C8H13NO. The predicted molar refractivity (Wildman–Crippen MR) is 40.3 cm³/mol. The first kappa shape index (κ1) is 9.19. The van der Waals surface area contributed by atoms with Gasteiger partial charge in [-0.2, -0.15) is 5.26 Å². The first-order valence-electron chi connectivity index (χ1n) is 3.55. The highest BCUT2D eigenvalue weighted by atomic mass is 16.3. The molecule has 0 amide bonds. The van der Waals surface area contributed by atoms with Gasteiger partial charge in [-0.1, -0.05) is 19.8 Å². The quantitative estimate of drug-likeness (QED) is 0.601. The minimum atomic E-state index is -0.431. The van der Waals surface area contributed by atoms with E-state index in [2.05, 4.69) is 6.92 Å². The maximum atomic E-state index is 9.07. The lowest BCUT2D eigenvalue weighted by Crippen LogP contribution is -2.00. The lowest BCUT2D eigenvalue weighted by atomic mass is 10.1. The van der Waals surface area contributed by atoms with Crippen LogP contribution in [0.3, 0.4) is 0 Å². The van der Waals surface area contributed by atoms with Crippen LogP contribution in [0.4, 0.5) is 0 Å². The van der Waals surface area contributed by atoms with Crippen molar-refractivity contribution >= 4 is 0 Å². The third-order valence-corrected chi connectivity index (χ3v) is 1.25. The Balaban J connectivity index is 3.35. The van der Waals surface area contributed by atoms with Gasteiger partial charge in [-0.25, -0.2) is 0 Å². The Hall–Kier alpha value is -0.810. The number of aliphatic hydroxyl groups is 1. The Morgan fingerprint density at radius 2 is 2.40 bits per heavy atom. The van der Waals surface area contributed by atoms with Crippen LogP contribution in [-0.4, -0.2) is 11.2 Å². The number of allylic oxidation sites excluding steroid dienone is 1. The molecule has 0 aliphatic rings. The fraction of sp³-hybridized carbons (Fsp3) is 0.625. The van der Waals surface area contributed by atoms with Crippen LogP contribution >= 0.6 is 0 Å². The molecule has 0 aromatic rings. The predicted octanol–water partition coefficient (Wildman–Crippen LogP) is 1.62. The van der Waals surface area contributed by atoms with Crippen LogP contribution < -0.4 is 0 Å². The van der Waals surface area contributed by atoms with Gasteiger partial charge in [-0.15, -0.1) is 0 Å². The first-order chi connectivity index (χ1) is 4.81. The van der Waals surface area contributed by atoms with E-state index in [1.807, 2.05) is 6.07 Å². The molecule has 0 bridgehead atoms. The third-order valence-electron chi connectivity index (χ3n) is 1.25. The van der Waals surface area contributed by atoms with Gasteiger partial charge < -0.3 is 5.11 Å². The fourth-order valence-corrected chi connectivity index (χ4v) is 0.664. The second-order valence-electron chi connectivity index (χ2n) is 2.20. The maximum Gasteiger partial charge on any atom is 0.0909 e. The zero-order chi connectivity index (χ0) is 7.82. The molecule has 1 N–H and O–H groups in total. The molecule has 0 saturated carbocycles. The van der Waals surface area contributed by atoms with E-state index < -0.39 is 6.10 Å². The Kier molecular flexibility index (Phi) is 5.80. The SMILES string of the molecule is CCCC[C@H](O)/C=C/C#N. The summed E-state index contributed by atoms with van der Waals surface area (Å²) in [5.74, 6) is 0. The molecule has 0 rings (SSSR count). The summed E-state index contributed by atoms with van der Waals surface area (Å²) in [5.41, 5.74) is 0. The van der Waals surface area contributed by atoms with Crippen molar-refractivity contribution in [3.63, 3.8) is 0 Å². The van der Waals surface area contributed by atoms with Crippen molar-refractivity contribution in [3.8, 4) is 6.07 Å². The summed E-state index contributed by atoms with van der Waals surface area (Å²) in [7, 11) is 0. The van der Waals surface area contributed by atoms with Crippen LogP contribution in [0.15, 0.2) is 12.2 Å². The summed E-state index contributed by atoms with van der Waals surface area (Å²) in [4.78, 5) is 0. The summed E-state index contributed by atoms with van der Waals surface area (Å²) in [6, 6.07) is 1.83. The van der Waals surface area contributed by atoms with Gasteiger partial charge in [0.25, 0.3) is 0 Å². The monoisotopic (exact) mass is 139 g/mol. The molecule has 0 unspecified atom stereocenters. The number of hydrogen-bond acceptors (Lipinski definition) is 2. The maximum absolute atomic E-state index is 9.07. The van der Waals surface area contributed by atoms with Gasteiger partial charge >= 0.3 is 0 Å². The summed E-state index contributed by atoms with van der Waals surface area (Å²) in [6.07, 6.45) is 5.26. The highest BCUT2D eigenvalue weighted by molar-refractivity contribution is 5.04. The van der Waals surface area contributed by atoms with E-state index in [1.165, 1.54) is 12.2 Å². The molecule has 0 radical (unpaired) electrons. The van der Waals surface area contributed by atoms with Gasteiger partial charge in [-0.3, -0.25) is 0 Å². The largest absolute Gasteiger partial charge is 0.389 e. The van der Waals surface area contributed by atoms with Crippen LogP contribution in [0, 0.1) is 11.3 Å². The Labute approximate surface area is 61.8 Å². The van der Waals surface area contributed by atoms with Crippen LogP contribution in [-0.2, 0) is 0 Å². The normalized spacial score (nSPS) is 13.3. The minimum Gasteiger partial charge on any atom is -0.389 e. The van der Waals surface area contributed by atoms with E-state index in [-0.39, 0.29) is 0 Å². The topological polar surface area (TPSA) is 44.0 Å². The molecule has 0 aliphatic carbocycles. The molecule has 0 aliphatic heterocycles. The van der Waals surface area contributed by atoms with E-state index in [1.54, 1.807) is 0 Å². The van der Waals surface area contributed by atoms with Crippen molar-refractivity contribution in [2.24, 2.45) is 0 Å². The number of hydrogen-bond donors (Lipinski definition) is 1. The van der Waals surface area contributed by atoms with E-state index in [4.69, 9.17) is 10.4 Å². The molecule has 2 heteroatoms. The van der Waals surface area contributed by atoms with E-state index in [0.29, 0.717) is 0 Å². The molecule has 0 aromatic heterocycles. The smallest absolute Gasteiger partial charge is 0.0909 e. The van der Waals surface area contributed by atoms with E-state index >= 15 is 0 Å². The molecule has 1 atom stereocenters.